The standard InChI is InChI=1S/C18H13Cl2N3O4/c19-13-2-1-3-14(17(13)20)23-16(25)10-27-18(26)11-4-6-12(7-5-11)22-15(24)8-9-21/h1-7H,8,10H2,(H,22,24)(H,23,25). The fourth-order valence-corrected chi connectivity index (χ4v) is 2.32. The van der Waals surface area contributed by atoms with Crippen molar-refractivity contribution in [2.75, 3.05) is 17.2 Å². The Labute approximate surface area is 164 Å². The topological polar surface area (TPSA) is 108 Å². The summed E-state index contributed by atoms with van der Waals surface area (Å²) < 4.78 is 4.93. The van der Waals surface area contributed by atoms with Gasteiger partial charge in [0.2, 0.25) is 5.91 Å². The number of hydrogen-bond donors (Lipinski definition) is 2. The first-order chi connectivity index (χ1) is 12.9. The molecule has 0 bridgehead atoms. The zero-order chi connectivity index (χ0) is 19.8. The Kier molecular flexibility index (Phi) is 7.17. The van der Waals surface area contributed by atoms with Gasteiger partial charge in [0.05, 0.1) is 27.4 Å². The molecule has 0 spiro atoms. The van der Waals surface area contributed by atoms with Crippen LogP contribution in [0.4, 0.5) is 11.4 Å². The molecule has 0 fully saturated rings. The van der Waals surface area contributed by atoms with Crippen molar-refractivity contribution in [2.45, 2.75) is 6.42 Å². The van der Waals surface area contributed by atoms with Crippen LogP contribution < -0.4 is 10.6 Å². The smallest absolute Gasteiger partial charge is 0.338 e. The van der Waals surface area contributed by atoms with Gasteiger partial charge in [0.25, 0.3) is 5.91 Å². The zero-order valence-electron chi connectivity index (χ0n) is 13.8. The number of nitriles is 1. The Balaban J connectivity index is 1.88. The summed E-state index contributed by atoms with van der Waals surface area (Å²) >= 11 is 11.8. The SMILES string of the molecule is N#CCC(=O)Nc1ccc(C(=O)OCC(=O)Nc2cccc(Cl)c2Cl)cc1. The third kappa shape index (κ3) is 5.99. The van der Waals surface area contributed by atoms with E-state index in [9.17, 15) is 14.4 Å². The molecule has 9 heteroatoms. The first kappa shape index (κ1) is 20.2. The molecule has 2 aromatic carbocycles. The van der Waals surface area contributed by atoms with Gasteiger partial charge in [-0.3, -0.25) is 9.59 Å². The molecular weight excluding hydrogens is 393 g/mol. The summed E-state index contributed by atoms with van der Waals surface area (Å²) in [5.74, 6) is -1.74. The average molecular weight is 406 g/mol. The molecule has 2 rings (SSSR count). The van der Waals surface area contributed by atoms with Crippen molar-refractivity contribution in [2.24, 2.45) is 0 Å². The summed E-state index contributed by atoms with van der Waals surface area (Å²) in [7, 11) is 0. The second kappa shape index (κ2) is 9.57. The number of halogens is 2. The number of esters is 1. The first-order valence-electron chi connectivity index (χ1n) is 7.58. The molecule has 0 heterocycles. The van der Waals surface area contributed by atoms with E-state index in [1.807, 2.05) is 0 Å². The van der Waals surface area contributed by atoms with Crippen LogP contribution in [-0.2, 0) is 14.3 Å². The van der Waals surface area contributed by atoms with Crippen LogP contribution in [-0.4, -0.2) is 24.4 Å². The molecular formula is C18H13Cl2N3O4. The number of rotatable bonds is 6. The van der Waals surface area contributed by atoms with E-state index in [2.05, 4.69) is 10.6 Å². The van der Waals surface area contributed by atoms with E-state index >= 15 is 0 Å². The van der Waals surface area contributed by atoms with E-state index < -0.39 is 24.4 Å². The molecule has 7 nitrogen and oxygen atoms in total. The van der Waals surface area contributed by atoms with E-state index in [1.165, 1.54) is 24.3 Å². The van der Waals surface area contributed by atoms with Gasteiger partial charge in [-0.15, -0.1) is 0 Å². The normalized spacial score (nSPS) is 9.81. The third-order valence-corrected chi connectivity index (χ3v) is 4.02. The summed E-state index contributed by atoms with van der Waals surface area (Å²) in [6.45, 7) is -0.512. The van der Waals surface area contributed by atoms with Crippen LogP contribution in [0.2, 0.25) is 10.0 Å². The van der Waals surface area contributed by atoms with Crippen molar-refractivity contribution in [1.82, 2.24) is 0 Å². The number of amides is 2. The van der Waals surface area contributed by atoms with E-state index in [1.54, 1.807) is 24.3 Å². The number of carbonyl (C=O) groups excluding carboxylic acids is 3. The molecule has 0 saturated carbocycles. The number of nitrogens with zero attached hydrogens (tertiary/aromatic N) is 1. The predicted molar refractivity (Wildman–Crippen MR) is 101 cm³/mol. The van der Waals surface area contributed by atoms with E-state index in [0.717, 1.165) is 0 Å². The number of carbonyl (C=O) groups is 3. The highest BCUT2D eigenvalue weighted by Crippen LogP contribution is 2.29. The number of anilines is 2. The predicted octanol–water partition coefficient (Wildman–Crippen LogP) is 3.64. The molecule has 2 N–H and O–H groups in total. The van der Waals surface area contributed by atoms with E-state index in [-0.39, 0.29) is 22.0 Å². The van der Waals surface area contributed by atoms with Crippen LogP contribution in [0.5, 0.6) is 0 Å². The van der Waals surface area contributed by atoms with E-state index in [4.69, 9.17) is 33.2 Å². The Hall–Kier alpha value is -3.08. The minimum Gasteiger partial charge on any atom is -0.452 e. The van der Waals surface area contributed by atoms with Crippen LogP contribution in [0, 0.1) is 11.3 Å². The Morgan fingerprint density at radius 2 is 1.70 bits per heavy atom. The van der Waals surface area contributed by atoms with Gasteiger partial charge in [-0.05, 0) is 36.4 Å². The highest BCUT2D eigenvalue weighted by atomic mass is 35.5. The van der Waals surface area contributed by atoms with Gasteiger partial charge in [0.1, 0.15) is 6.42 Å². The first-order valence-corrected chi connectivity index (χ1v) is 8.34. The number of hydrogen-bond acceptors (Lipinski definition) is 5. The lowest BCUT2D eigenvalue weighted by atomic mass is 10.2. The highest BCUT2D eigenvalue weighted by molar-refractivity contribution is 6.44. The molecule has 0 unspecified atom stereocenters. The summed E-state index contributed by atoms with van der Waals surface area (Å²) in [4.78, 5) is 35.2. The van der Waals surface area contributed by atoms with Crippen molar-refractivity contribution in [3.63, 3.8) is 0 Å². The Morgan fingerprint density at radius 1 is 1.00 bits per heavy atom. The van der Waals surface area contributed by atoms with Crippen molar-refractivity contribution < 1.29 is 19.1 Å². The molecule has 0 aliphatic heterocycles. The molecule has 27 heavy (non-hydrogen) atoms. The summed E-state index contributed by atoms with van der Waals surface area (Å²) in [5.41, 5.74) is 0.935. The molecule has 0 atom stereocenters. The number of benzene rings is 2. The van der Waals surface area contributed by atoms with Gasteiger partial charge in [-0.1, -0.05) is 29.3 Å². The third-order valence-electron chi connectivity index (χ3n) is 3.20. The second-order valence-electron chi connectivity index (χ2n) is 5.19. The average Bonchev–Trinajstić information content (AvgIpc) is 2.64. The van der Waals surface area contributed by atoms with Crippen molar-refractivity contribution in [3.05, 3.63) is 58.1 Å². The fourth-order valence-electron chi connectivity index (χ4n) is 1.97. The number of nitrogens with one attached hydrogen (secondary N) is 2. The molecule has 0 saturated heterocycles. The monoisotopic (exact) mass is 405 g/mol. The minimum atomic E-state index is -0.711. The van der Waals surface area contributed by atoms with Crippen LogP contribution in [0.1, 0.15) is 16.8 Å². The van der Waals surface area contributed by atoms with Crippen LogP contribution in [0.15, 0.2) is 42.5 Å². The van der Waals surface area contributed by atoms with Gasteiger partial charge in [-0.25, -0.2) is 4.79 Å². The quantitative estimate of drug-likeness (QED) is 0.712. The van der Waals surface area contributed by atoms with Gasteiger partial charge in [-0.2, -0.15) is 5.26 Å². The lowest BCUT2D eigenvalue weighted by Crippen LogP contribution is -2.21. The molecule has 0 aromatic heterocycles. The van der Waals surface area contributed by atoms with Crippen LogP contribution in [0.25, 0.3) is 0 Å². The summed E-state index contributed by atoms with van der Waals surface area (Å²) in [6, 6.07) is 12.3. The van der Waals surface area contributed by atoms with Gasteiger partial charge in [0.15, 0.2) is 6.61 Å². The molecule has 2 aromatic rings. The van der Waals surface area contributed by atoms with Gasteiger partial charge in [0, 0.05) is 5.69 Å². The van der Waals surface area contributed by atoms with Crippen LogP contribution in [0.3, 0.4) is 0 Å². The minimum absolute atomic E-state index is 0.188. The summed E-state index contributed by atoms with van der Waals surface area (Å²) in [6.07, 6.45) is -0.268. The largest absolute Gasteiger partial charge is 0.452 e. The van der Waals surface area contributed by atoms with Crippen LogP contribution >= 0.6 is 23.2 Å². The van der Waals surface area contributed by atoms with E-state index in [0.29, 0.717) is 11.4 Å². The molecule has 0 radical (unpaired) electrons. The molecule has 0 aliphatic carbocycles. The maximum absolute atomic E-state index is 12.0. The van der Waals surface area contributed by atoms with Crippen molar-refractivity contribution in [3.8, 4) is 6.07 Å². The lowest BCUT2D eigenvalue weighted by molar-refractivity contribution is -0.119. The maximum atomic E-state index is 12.0. The molecule has 2 amide bonds. The Bertz CT molecular complexity index is 908. The van der Waals surface area contributed by atoms with Crippen molar-refractivity contribution in [1.29, 1.82) is 5.26 Å². The van der Waals surface area contributed by atoms with Gasteiger partial charge >= 0.3 is 5.97 Å². The maximum Gasteiger partial charge on any atom is 0.338 e. The lowest BCUT2D eigenvalue weighted by Gasteiger charge is -2.09. The molecule has 0 aliphatic rings. The number of ether oxygens (including phenoxy) is 1. The zero-order valence-corrected chi connectivity index (χ0v) is 15.3. The fraction of sp³-hybridized carbons (Fsp3) is 0.111. The Morgan fingerprint density at radius 3 is 2.37 bits per heavy atom. The second-order valence-corrected chi connectivity index (χ2v) is 5.97. The van der Waals surface area contributed by atoms with Gasteiger partial charge < -0.3 is 15.4 Å². The summed E-state index contributed by atoms with van der Waals surface area (Å²) in [5, 5.41) is 13.9. The highest BCUT2D eigenvalue weighted by Gasteiger charge is 2.13. The molecule has 138 valence electrons. The van der Waals surface area contributed by atoms with Crippen molar-refractivity contribution >= 4 is 52.4 Å².